The van der Waals surface area contributed by atoms with Crippen LogP contribution in [0.25, 0.3) is 6.08 Å². The fourth-order valence-electron chi connectivity index (χ4n) is 4.65. The Labute approximate surface area is 237 Å². The molecule has 1 N–H and O–H groups in total. The SMILES string of the molecule is C=CCc1cc(/C=c2/sc3n(c2=O)[C@H](c2ccccc2OC(C)C)C(C(=O)OCC)=C(C)N=3)cc(OCC)c1O. The highest BCUT2D eigenvalue weighted by Crippen LogP contribution is 2.36. The Hall–Kier alpha value is -4.11. The van der Waals surface area contributed by atoms with E-state index in [4.69, 9.17) is 14.2 Å². The van der Waals surface area contributed by atoms with Gasteiger partial charge in [0.05, 0.1) is 35.1 Å². The van der Waals surface area contributed by atoms with Crippen LogP contribution in [0.5, 0.6) is 17.2 Å². The Kier molecular flexibility index (Phi) is 8.94. The van der Waals surface area contributed by atoms with Crippen LogP contribution < -0.4 is 24.4 Å². The standard InChI is InChI=1S/C31H34N2O6S/c1-7-12-21-15-20(16-24(28(21)34)37-8-2)17-25-29(35)33-27(22-13-10-11-14-23(22)39-18(4)5)26(30(36)38-9-3)19(6)32-31(33)40-25/h7,10-11,13-18,27,34H,1,8-9,12H2,2-6H3/b25-17+/t27-/m1/s1. The molecule has 210 valence electrons. The van der Waals surface area contributed by atoms with E-state index in [0.29, 0.717) is 56.2 Å². The van der Waals surface area contributed by atoms with Crippen LogP contribution in [0.3, 0.4) is 0 Å². The first-order valence-corrected chi connectivity index (χ1v) is 14.1. The van der Waals surface area contributed by atoms with Crippen LogP contribution in [0.4, 0.5) is 0 Å². The summed E-state index contributed by atoms with van der Waals surface area (Å²) in [6, 6.07) is 10.1. The Balaban J connectivity index is 1.97. The number of hydrogen-bond acceptors (Lipinski definition) is 8. The second-order valence-corrected chi connectivity index (χ2v) is 10.5. The van der Waals surface area contributed by atoms with Crippen LogP contribution in [-0.4, -0.2) is 35.0 Å². The van der Waals surface area contributed by atoms with Crippen LogP contribution in [0.1, 0.15) is 57.4 Å². The first-order chi connectivity index (χ1) is 19.2. The summed E-state index contributed by atoms with van der Waals surface area (Å²) < 4.78 is 19.1. The van der Waals surface area contributed by atoms with Gasteiger partial charge in [0.25, 0.3) is 5.56 Å². The lowest BCUT2D eigenvalue weighted by Gasteiger charge is -2.26. The topological polar surface area (TPSA) is 99.4 Å². The highest BCUT2D eigenvalue weighted by atomic mass is 32.1. The van der Waals surface area contributed by atoms with E-state index < -0.39 is 12.0 Å². The van der Waals surface area contributed by atoms with Crippen molar-refractivity contribution in [1.29, 1.82) is 0 Å². The zero-order valence-corrected chi connectivity index (χ0v) is 24.2. The molecule has 0 spiro atoms. The maximum Gasteiger partial charge on any atom is 0.338 e. The van der Waals surface area contributed by atoms with Gasteiger partial charge in [-0.1, -0.05) is 35.6 Å². The number of carbonyl (C=O) groups is 1. The summed E-state index contributed by atoms with van der Waals surface area (Å²) in [5, 5.41) is 10.6. The first-order valence-electron chi connectivity index (χ1n) is 13.2. The molecule has 2 heterocycles. The van der Waals surface area contributed by atoms with Gasteiger partial charge in [-0.25, -0.2) is 9.79 Å². The predicted molar refractivity (Wildman–Crippen MR) is 156 cm³/mol. The quantitative estimate of drug-likeness (QED) is 0.290. The number of allylic oxidation sites excluding steroid dienone is 2. The molecule has 9 heteroatoms. The van der Waals surface area contributed by atoms with Crippen molar-refractivity contribution in [2.24, 2.45) is 4.99 Å². The van der Waals surface area contributed by atoms with Gasteiger partial charge in [-0.05, 0) is 70.9 Å². The number of fused-ring (bicyclic) bond motifs is 1. The summed E-state index contributed by atoms with van der Waals surface area (Å²) in [5.74, 6) is 0.426. The van der Waals surface area contributed by atoms with Crippen molar-refractivity contribution in [2.75, 3.05) is 13.2 Å². The number of aromatic nitrogens is 1. The van der Waals surface area contributed by atoms with E-state index in [9.17, 15) is 14.7 Å². The number of hydrogen-bond donors (Lipinski definition) is 1. The molecule has 0 saturated heterocycles. The lowest BCUT2D eigenvalue weighted by Crippen LogP contribution is -2.40. The number of phenolic OH excluding ortho intramolecular Hbond substituents is 1. The van der Waals surface area contributed by atoms with Gasteiger partial charge in [0.1, 0.15) is 11.8 Å². The van der Waals surface area contributed by atoms with Crippen molar-refractivity contribution < 1.29 is 24.1 Å². The molecule has 0 amide bonds. The van der Waals surface area contributed by atoms with Gasteiger partial charge in [0.15, 0.2) is 16.3 Å². The third kappa shape index (κ3) is 5.74. The van der Waals surface area contributed by atoms with E-state index >= 15 is 0 Å². The second kappa shape index (κ2) is 12.4. The van der Waals surface area contributed by atoms with E-state index in [1.807, 2.05) is 45.0 Å². The van der Waals surface area contributed by atoms with Gasteiger partial charge < -0.3 is 19.3 Å². The molecule has 0 fully saturated rings. The van der Waals surface area contributed by atoms with Crippen molar-refractivity contribution in [2.45, 2.75) is 53.2 Å². The van der Waals surface area contributed by atoms with Gasteiger partial charge in [-0.2, -0.15) is 0 Å². The molecule has 0 saturated carbocycles. The maximum absolute atomic E-state index is 14.0. The lowest BCUT2D eigenvalue weighted by molar-refractivity contribution is -0.139. The molecule has 0 radical (unpaired) electrons. The fourth-order valence-corrected chi connectivity index (χ4v) is 5.70. The number of phenols is 1. The number of esters is 1. The summed E-state index contributed by atoms with van der Waals surface area (Å²) in [5.41, 5.74) is 2.45. The summed E-state index contributed by atoms with van der Waals surface area (Å²) in [4.78, 5) is 32.4. The molecule has 1 aliphatic rings. The fraction of sp³-hybridized carbons (Fsp3) is 0.323. The summed E-state index contributed by atoms with van der Waals surface area (Å²) >= 11 is 1.23. The number of rotatable bonds is 10. The zero-order chi connectivity index (χ0) is 29.0. The molecule has 0 bridgehead atoms. The number of para-hydroxylation sites is 1. The molecule has 1 aromatic heterocycles. The molecular weight excluding hydrogens is 528 g/mol. The highest BCUT2D eigenvalue weighted by molar-refractivity contribution is 7.07. The number of nitrogens with zero attached hydrogens (tertiary/aromatic N) is 2. The monoisotopic (exact) mass is 562 g/mol. The Morgan fingerprint density at radius 1 is 1.20 bits per heavy atom. The van der Waals surface area contributed by atoms with Crippen LogP contribution in [-0.2, 0) is 16.0 Å². The lowest BCUT2D eigenvalue weighted by atomic mass is 9.95. The van der Waals surface area contributed by atoms with Gasteiger partial charge in [0.2, 0.25) is 0 Å². The third-order valence-corrected chi connectivity index (χ3v) is 7.21. The van der Waals surface area contributed by atoms with Crippen LogP contribution >= 0.6 is 11.3 Å². The van der Waals surface area contributed by atoms with Gasteiger partial charge in [-0.15, -0.1) is 6.58 Å². The molecule has 2 aromatic carbocycles. The minimum Gasteiger partial charge on any atom is -0.504 e. The molecule has 8 nitrogen and oxygen atoms in total. The van der Waals surface area contributed by atoms with Crippen molar-refractivity contribution in [3.05, 3.63) is 96.7 Å². The molecule has 1 atom stereocenters. The van der Waals surface area contributed by atoms with E-state index in [-0.39, 0.29) is 29.6 Å². The van der Waals surface area contributed by atoms with E-state index in [2.05, 4.69) is 11.6 Å². The molecule has 3 aromatic rings. The maximum atomic E-state index is 14.0. The van der Waals surface area contributed by atoms with Crippen molar-refractivity contribution in [3.8, 4) is 17.2 Å². The molecule has 1 aliphatic heterocycles. The summed E-state index contributed by atoms with van der Waals surface area (Å²) in [6.07, 6.45) is 3.75. The van der Waals surface area contributed by atoms with Gasteiger partial charge >= 0.3 is 5.97 Å². The normalized spacial score (nSPS) is 15.1. The predicted octanol–water partition coefficient (Wildman–Crippen LogP) is 4.42. The van der Waals surface area contributed by atoms with Crippen molar-refractivity contribution in [3.63, 3.8) is 0 Å². The minimum atomic E-state index is -0.789. The van der Waals surface area contributed by atoms with Crippen LogP contribution in [0.2, 0.25) is 0 Å². The number of thiazole rings is 1. The molecule has 4 rings (SSSR count). The van der Waals surface area contributed by atoms with Crippen LogP contribution in [0.15, 0.2) is 70.1 Å². The van der Waals surface area contributed by atoms with Gasteiger partial charge in [-0.3, -0.25) is 9.36 Å². The smallest absolute Gasteiger partial charge is 0.338 e. The molecule has 40 heavy (non-hydrogen) atoms. The van der Waals surface area contributed by atoms with E-state index in [1.165, 1.54) is 15.9 Å². The molecule has 0 aliphatic carbocycles. The van der Waals surface area contributed by atoms with Crippen molar-refractivity contribution >= 4 is 23.4 Å². The van der Waals surface area contributed by atoms with Crippen molar-refractivity contribution in [1.82, 2.24) is 4.57 Å². The molecular formula is C31H34N2O6S. The Morgan fingerprint density at radius 3 is 2.62 bits per heavy atom. The summed E-state index contributed by atoms with van der Waals surface area (Å²) in [7, 11) is 0. The third-order valence-electron chi connectivity index (χ3n) is 6.23. The van der Waals surface area contributed by atoms with E-state index in [0.717, 1.165) is 0 Å². The Bertz CT molecular complexity index is 1650. The highest BCUT2D eigenvalue weighted by Gasteiger charge is 2.35. The Morgan fingerprint density at radius 2 is 1.95 bits per heavy atom. The summed E-state index contributed by atoms with van der Waals surface area (Å²) in [6.45, 7) is 13.5. The largest absolute Gasteiger partial charge is 0.504 e. The number of carbonyl (C=O) groups excluding carboxylic acids is 1. The van der Waals surface area contributed by atoms with Crippen LogP contribution in [0, 0.1) is 0 Å². The average molecular weight is 563 g/mol. The average Bonchev–Trinajstić information content (AvgIpc) is 3.20. The number of ether oxygens (including phenoxy) is 3. The number of aromatic hydroxyl groups is 1. The second-order valence-electron chi connectivity index (χ2n) is 9.46. The first kappa shape index (κ1) is 28.9. The zero-order valence-electron chi connectivity index (χ0n) is 23.4. The van der Waals surface area contributed by atoms with E-state index in [1.54, 1.807) is 38.1 Å². The minimum absolute atomic E-state index is 0.0526. The number of benzene rings is 2. The van der Waals surface area contributed by atoms with Gasteiger partial charge in [0, 0.05) is 11.1 Å². The molecule has 0 unspecified atom stereocenters.